The summed E-state index contributed by atoms with van der Waals surface area (Å²) in [6.07, 6.45) is -3.05. The minimum atomic E-state index is -4.43. The van der Waals surface area contributed by atoms with E-state index >= 15 is 0 Å². The molecule has 1 amide bonds. The SMILES string of the molecule is O=C(Cc1cccc(F)c1)Nc1ccc(Nc2cccc(C(F)(F)F)c2)nc1. The van der Waals surface area contributed by atoms with E-state index in [1.807, 2.05) is 0 Å². The lowest BCUT2D eigenvalue weighted by Gasteiger charge is -2.11. The van der Waals surface area contributed by atoms with Gasteiger partial charge in [-0.1, -0.05) is 18.2 Å². The Labute approximate surface area is 158 Å². The van der Waals surface area contributed by atoms with Crippen LogP contribution in [0.1, 0.15) is 11.1 Å². The summed E-state index contributed by atoms with van der Waals surface area (Å²) in [6, 6.07) is 13.6. The zero-order chi connectivity index (χ0) is 20.1. The lowest BCUT2D eigenvalue weighted by atomic mass is 10.1. The number of alkyl halides is 3. The van der Waals surface area contributed by atoms with Crippen LogP contribution in [0.15, 0.2) is 66.9 Å². The third kappa shape index (κ3) is 5.29. The molecule has 0 radical (unpaired) electrons. The van der Waals surface area contributed by atoms with Crippen molar-refractivity contribution in [3.8, 4) is 0 Å². The maximum absolute atomic E-state index is 13.1. The van der Waals surface area contributed by atoms with Crippen LogP contribution in [0, 0.1) is 5.82 Å². The fourth-order valence-electron chi connectivity index (χ4n) is 2.50. The van der Waals surface area contributed by atoms with Gasteiger partial charge < -0.3 is 10.6 Å². The van der Waals surface area contributed by atoms with Crippen molar-refractivity contribution in [3.05, 3.63) is 83.8 Å². The Kier molecular flexibility index (Phi) is 5.58. The van der Waals surface area contributed by atoms with Gasteiger partial charge in [0.05, 0.1) is 23.9 Å². The molecule has 2 N–H and O–H groups in total. The van der Waals surface area contributed by atoms with Gasteiger partial charge in [-0.25, -0.2) is 9.37 Å². The predicted molar refractivity (Wildman–Crippen MR) is 97.7 cm³/mol. The number of halogens is 4. The number of anilines is 3. The molecule has 2 aromatic carbocycles. The molecule has 0 aliphatic heterocycles. The molecule has 28 heavy (non-hydrogen) atoms. The molecule has 3 aromatic rings. The number of rotatable bonds is 5. The number of nitrogens with one attached hydrogen (secondary N) is 2. The number of carbonyl (C=O) groups is 1. The second-order valence-corrected chi connectivity index (χ2v) is 5.99. The molecule has 4 nitrogen and oxygen atoms in total. The van der Waals surface area contributed by atoms with Gasteiger partial charge >= 0.3 is 6.18 Å². The van der Waals surface area contributed by atoms with E-state index < -0.39 is 17.6 Å². The van der Waals surface area contributed by atoms with E-state index in [0.29, 0.717) is 17.1 Å². The molecule has 8 heteroatoms. The van der Waals surface area contributed by atoms with Crippen LogP contribution < -0.4 is 10.6 Å². The minimum absolute atomic E-state index is 0.00198. The van der Waals surface area contributed by atoms with E-state index in [-0.39, 0.29) is 18.0 Å². The number of benzene rings is 2. The molecule has 0 unspecified atom stereocenters. The van der Waals surface area contributed by atoms with Crippen LogP contribution in [0.2, 0.25) is 0 Å². The van der Waals surface area contributed by atoms with Gasteiger partial charge in [-0.05, 0) is 48.0 Å². The number of amides is 1. The Bertz CT molecular complexity index is 972. The van der Waals surface area contributed by atoms with Gasteiger partial charge in [0, 0.05) is 5.69 Å². The molecule has 144 valence electrons. The van der Waals surface area contributed by atoms with Crippen LogP contribution in [-0.4, -0.2) is 10.9 Å². The summed E-state index contributed by atoms with van der Waals surface area (Å²) in [7, 11) is 0. The van der Waals surface area contributed by atoms with Crippen LogP contribution in [0.4, 0.5) is 34.8 Å². The largest absolute Gasteiger partial charge is 0.416 e. The molecule has 1 aromatic heterocycles. The quantitative estimate of drug-likeness (QED) is 0.593. The fraction of sp³-hybridized carbons (Fsp3) is 0.100. The third-order valence-corrected chi connectivity index (χ3v) is 3.76. The summed E-state index contributed by atoms with van der Waals surface area (Å²) in [5.41, 5.74) is 0.424. The lowest BCUT2D eigenvalue weighted by Crippen LogP contribution is -2.14. The molecule has 3 rings (SSSR count). The first-order chi connectivity index (χ1) is 13.3. The number of pyridine rings is 1. The highest BCUT2D eigenvalue weighted by atomic mass is 19.4. The highest BCUT2D eigenvalue weighted by Gasteiger charge is 2.30. The zero-order valence-electron chi connectivity index (χ0n) is 14.4. The molecule has 0 saturated heterocycles. The molecule has 0 atom stereocenters. The summed E-state index contributed by atoms with van der Waals surface area (Å²) in [6.45, 7) is 0. The van der Waals surface area contributed by atoms with Gasteiger partial charge in [-0.15, -0.1) is 0 Å². The Morgan fingerprint density at radius 1 is 0.964 bits per heavy atom. The van der Waals surface area contributed by atoms with E-state index in [1.54, 1.807) is 12.1 Å². The van der Waals surface area contributed by atoms with E-state index in [1.165, 1.54) is 42.6 Å². The predicted octanol–water partition coefficient (Wildman–Crippen LogP) is 5.16. The number of hydrogen-bond acceptors (Lipinski definition) is 3. The van der Waals surface area contributed by atoms with Crippen LogP contribution in [0.25, 0.3) is 0 Å². The first-order valence-electron chi connectivity index (χ1n) is 8.24. The van der Waals surface area contributed by atoms with Crippen molar-refractivity contribution in [2.24, 2.45) is 0 Å². The summed E-state index contributed by atoms with van der Waals surface area (Å²) in [4.78, 5) is 16.1. The second kappa shape index (κ2) is 8.08. The number of hydrogen-bond donors (Lipinski definition) is 2. The van der Waals surface area contributed by atoms with Gasteiger partial charge in [0.2, 0.25) is 5.91 Å². The molecule has 0 spiro atoms. The van der Waals surface area contributed by atoms with Crippen LogP contribution >= 0.6 is 0 Å². The maximum atomic E-state index is 13.1. The monoisotopic (exact) mass is 389 g/mol. The Morgan fingerprint density at radius 2 is 1.75 bits per heavy atom. The Morgan fingerprint density at radius 3 is 2.43 bits per heavy atom. The van der Waals surface area contributed by atoms with Gasteiger partial charge in [0.1, 0.15) is 11.6 Å². The van der Waals surface area contributed by atoms with E-state index in [2.05, 4.69) is 15.6 Å². The highest BCUT2D eigenvalue weighted by molar-refractivity contribution is 5.92. The van der Waals surface area contributed by atoms with Crippen molar-refractivity contribution in [2.45, 2.75) is 12.6 Å². The first-order valence-corrected chi connectivity index (χ1v) is 8.24. The van der Waals surface area contributed by atoms with Crippen molar-refractivity contribution in [1.82, 2.24) is 4.98 Å². The fourth-order valence-corrected chi connectivity index (χ4v) is 2.50. The number of nitrogens with zero attached hydrogens (tertiary/aromatic N) is 1. The van der Waals surface area contributed by atoms with Crippen molar-refractivity contribution in [3.63, 3.8) is 0 Å². The molecule has 0 aliphatic rings. The van der Waals surface area contributed by atoms with Crippen LogP contribution in [0.5, 0.6) is 0 Å². The molecule has 1 heterocycles. The average Bonchev–Trinajstić information content (AvgIpc) is 2.63. The summed E-state index contributed by atoms with van der Waals surface area (Å²) < 4.78 is 51.4. The van der Waals surface area contributed by atoms with Gasteiger partial charge in [-0.3, -0.25) is 4.79 Å². The van der Waals surface area contributed by atoms with Gasteiger partial charge in [0.15, 0.2) is 0 Å². The Balaban J connectivity index is 1.61. The van der Waals surface area contributed by atoms with Crippen molar-refractivity contribution >= 4 is 23.1 Å². The minimum Gasteiger partial charge on any atom is -0.340 e. The van der Waals surface area contributed by atoms with Crippen molar-refractivity contribution in [2.75, 3.05) is 10.6 Å². The lowest BCUT2D eigenvalue weighted by molar-refractivity contribution is -0.137. The van der Waals surface area contributed by atoms with Gasteiger partial charge in [0.25, 0.3) is 0 Å². The van der Waals surface area contributed by atoms with Crippen LogP contribution in [-0.2, 0) is 17.4 Å². The Hall–Kier alpha value is -3.42. The molecule has 0 aliphatic carbocycles. The standard InChI is InChI=1S/C20H15F4N3O/c21-15-5-1-3-13(9-15)10-19(28)27-17-7-8-18(25-12-17)26-16-6-2-4-14(11-16)20(22,23)24/h1-9,11-12H,10H2,(H,25,26)(H,27,28). The maximum Gasteiger partial charge on any atom is 0.416 e. The third-order valence-electron chi connectivity index (χ3n) is 3.76. The zero-order valence-corrected chi connectivity index (χ0v) is 14.4. The number of carbonyl (C=O) groups excluding carboxylic acids is 1. The van der Waals surface area contributed by atoms with E-state index in [0.717, 1.165) is 12.1 Å². The smallest absolute Gasteiger partial charge is 0.340 e. The second-order valence-electron chi connectivity index (χ2n) is 5.99. The van der Waals surface area contributed by atoms with Crippen molar-refractivity contribution < 1.29 is 22.4 Å². The molecule has 0 bridgehead atoms. The summed E-state index contributed by atoms with van der Waals surface area (Å²) in [5, 5.41) is 5.41. The average molecular weight is 389 g/mol. The van der Waals surface area contributed by atoms with Crippen LogP contribution in [0.3, 0.4) is 0 Å². The molecule has 0 fully saturated rings. The molecular formula is C20H15F4N3O. The highest BCUT2D eigenvalue weighted by Crippen LogP contribution is 2.31. The van der Waals surface area contributed by atoms with E-state index in [4.69, 9.17) is 0 Å². The number of aromatic nitrogens is 1. The topological polar surface area (TPSA) is 54.0 Å². The first kappa shape index (κ1) is 19.3. The summed E-state index contributed by atoms with van der Waals surface area (Å²) in [5.74, 6) is -0.439. The molecule has 0 saturated carbocycles. The van der Waals surface area contributed by atoms with Gasteiger partial charge in [-0.2, -0.15) is 13.2 Å². The summed E-state index contributed by atoms with van der Waals surface area (Å²) >= 11 is 0. The van der Waals surface area contributed by atoms with E-state index in [9.17, 15) is 22.4 Å². The van der Waals surface area contributed by atoms with Crippen molar-refractivity contribution in [1.29, 1.82) is 0 Å². The normalized spacial score (nSPS) is 11.1. The molecular weight excluding hydrogens is 374 g/mol.